The molecule has 3 rings (SSSR count). The maximum atomic E-state index is 12.3. The molecule has 0 aliphatic rings. The maximum Gasteiger partial charge on any atom is 0.338 e. The Morgan fingerprint density at radius 3 is 2.28 bits per heavy atom. The lowest BCUT2D eigenvalue weighted by atomic mass is 10.1. The number of tetrazole rings is 1. The summed E-state index contributed by atoms with van der Waals surface area (Å²) in [6, 6.07) is 12.9. The molecule has 0 spiro atoms. The van der Waals surface area contributed by atoms with Crippen molar-refractivity contribution >= 4 is 23.4 Å². The summed E-state index contributed by atoms with van der Waals surface area (Å²) in [6.07, 6.45) is 0.535. The fraction of sp³-hybridized carbons (Fsp3) is 0.118. The lowest BCUT2D eigenvalue weighted by Crippen LogP contribution is -2.24. The van der Waals surface area contributed by atoms with Crippen molar-refractivity contribution < 1.29 is 14.3 Å². The van der Waals surface area contributed by atoms with E-state index in [1.54, 1.807) is 48.5 Å². The second-order valence-corrected chi connectivity index (χ2v) is 5.66. The quantitative estimate of drug-likeness (QED) is 0.516. The molecule has 0 saturated heterocycles. The van der Waals surface area contributed by atoms with Crippen LogP contribution in [0.15, 0.2) is 54.9 Å². The van der Waals surface area contributed by atoms with Crippen molar-refractivity contribution in [1.29, 1.82) is 0 Å². The minimum atomic E-state index is -0.909. The van der Waals surface area contributed by atoms with Gasteiger partial charge >= 0.3 is 5.97 Å². The standard InChI is InChI=1S/C17H13ClN4O3/c1-11(16(23)12-2-6-14(18)7-3-12)25-17(24)13-4-8-15(9-5-13)22-10-19-20-21-22/h2-11H,1H3/t11-/m0/s1. The fourth-order valence-electron chi connectivity index (χ4n) is 2.16. The second kappa shape index (κ2) is 7.23. The molecule has 0 saturated carbocycles. The molecule has 0 amide bonds. The number of hydrogen-bond acceptors (Lipinski definition) is 6. The minimum Gasteiger partial charge on any atom is -0.451 e. The number of Topliss-reactive ketones (excluding diaryl/α,β-unsaturated/α-hetero) is 1. The van der Waals surface area contributed by atoms with Crippen LogP contribution < -0.4 is 0 Å². The molecule has 8 heteroatoms. The number of nitrogens with zero attached hydrogens (tertiary/aromatic N) is 4. The number of carbonyl (C=O) groups is 2. The highest BCUT2D eigenvalue weighted by Gasteiger charge is 2.20. The van der Waals surface area contributed by atoms with Crippen molar-refractivity contribution in [2.45, 2.75) is 13.0 Å². The van der Waals surface area contributed by atoms with E-state index in [0.29, 0.717) is 21.8 Å². The lowest BCUT2D eigenvalue weighted by Gasteiger charge is -2.12. The molecule has 0 aliphatic carbocycles. The Morgan fingerprint density at radius 1 is 1.04 bits per heavy atom. The van der Waals surface area contributed by atoms with Crippen molar-refractivity contribution in [3.05, 3.63) is 71.0 Å². The highest BCUT2D eigenvalue weighted by atomic mass is 35.5. The summed E-state index contributed by atoms with van der Waals surface area (Å²) in [5, 5.41) is 11.4. The summed E-state index contributed by atoms with van der Waals surface area (Å²) >= 11 is 5.80. The zero-order valence-electron chi connectivity index (χ0n) is 13.2. The van der Waals surface area contributed by atoms with Crippen molar-refractivity contribution in [3.8, 4) is 5.69 Å². The number of halogens is 1. The Kier molecular flexibility index (Phi) is 4.85. The number of aromatic nitrogens is 4. The van der Waals surface area contributed by atoms with Crippen molar-refractivity contribution in [2.24, 2.45) is 0 Å². The number of carbonyl (C=O) groups excluding carboxylic acids is 2. The Bertz CT molecular complexity index is 877. The third kappa shape index (κ3) is 3.89. The molecule has 1 heterocycles. The molecule has 1 atom stereocenters. The summed E-state index contributed by atoms with van der Waals surface area (Å²) < 4.78 is 6.70. The van der Waals surface area contributed by atoms with Crippen molar-refractivity contribution in [1.82, 2.24) is 20.2 Å². The van der Waals surface area contributed by atoms with Crippen LogP contribution >= 0.6 is 11.6 Å². The molecule has 0 aliphatic heterocycles. The molecule has 3 aromatic rings. The van der Waals surface area contributed by atoms with E-state index in [2.05, 4.69) is 15.5 Å². The fourth-order valence-corrected chi connectivity index (χ4v) is 2.29. The molecule has 25 heavy (non-hydrogen) atoms. The molecular formula is C17H13ClN4O3. The van der Waals surface area contributed by atoms with E-state index in [-0.39, 0.29) is 5.78 Å². The number of ketones is 1. The van der Waals surface area contributed by atoms with E-state index >= 15 is 0 Å². The van der Waals surface area contributed by atoms with Gasteiger partial charge in [0.1, 0.15) is 6.33 Å². The van der Waals surface area contributed by atoms with Gasteiger partial charge in [0.15, 0.2) is 6.10 Å². The molecule has 0 radical (unpaired) electrons. The number of ether oxygens (including phenoxy) is 1. The normalized spacial score (nSPS) is 11.8. The first-order chi connectivity index (χ1) is 12.0. The van der Waals surface area contributed by atoms with Gasteiger partial charge in [0.25, 0.3) is 0 Å². The van der Waals surface area contributed by atoms with Gasteiger partial charge in [-0.05, 0) is 65.9 Å². The summed E-state index contributed by atoms with van der Waals surface area (Å²) in [5.41, 5.74) is 1.46. The number of rotatable bonds is 5. The van der Waals surface area contributed by atoms with Crippen LogP contribution in [0.1, 0.15) is 27.6 Å². The van der Waals surface area contributed by atoms with E-state index < -0.39 is 12.1 Å². The zero-order chi connectivity index (χ0) is 17.8. The van der Waals surface area contributed by atoms with Crippen LogP contribution in [0, 0.1) is 0 Å². The molecule has 1 aromatic heterocycles. The van der Waals surface area contributed by atoms with Crippen LogP contribution in [0.5, 0.6) is 0 Å². The van der Waals surface area contributed by atoms with Crippen molar-refractivity contribution in [2.75, 3.05) is 0 Å². The first-order valence-corrected chi connectivity index (χ1v) is 7.76. The SMILES string of the molecule is C[C@H](OC(=O)c1ccc(-n2cnnn2)cc1)C(=O)c1ccc(Cl)cc1. The van der Waals surface area contributed by atoms with E-state index in [1.807, 2.05) is 0 Å². The Labute approximate surface area is 148 Å². The molecule has 7 nitrogen and oxygen atoms in total. The summed E-state index contributed by atoms with van der Waals surface area (Å²) in [5.74, 6) is -0.881. The van der Waals surface area contributed by atoms with Gasteiger partial charge in [-0.1, -0.05) is 11.6 Å². The summed E-state index contributed by atoms with van der Waals surface area (Å²) in [6.45, 7) is 1.53. The highest BCUT2D eigenvalue weighted by molar-refractivity contribution is 6.30. The van der Waals surface area contributed by atoms with E-state index in [0.717, 1.165) is 0 Å². The Hall–Kier alpha value is -3.06. The smallest absolute Gasteiger partial charge is 0.338 e. The zero-order valence-corrected chi connectivity index (χ0v) is 13.9. The number of esters is 1. The van der Waals surface area contributed by atoms with Gasteiger partial charge in [-0.2, -0.15) is 0 Å². The number of benzene rings is 2. The maximum absolute atomic E-state index is 12.3. The van der Waals surface area contributed by atoms with Crippen LogP contribution in [-0.4, -0.2) is 38.1 Å². The predicted octanol–water partition coefficient (Wildman–Crippen LogP) is 2.74. The average Bonchev–Trinajstić information content (AvgIpc) is 3.16. The predicted molar refractivity (Wildman–Crippen MR) is 89.8 cm³/mol. The summed E-state index contributed by atoms with van der Waals surface area (Å²) in [4.78, 5) is 24.5. The summed E-state index contributed by atoms with van der Waals surface area (Å²) in [7, 11) is 0. The third-order valence-electron chi connectivity index (χ3n) is 3.50. The first-order valence-electron chi connectivity index (χ1n) is 7.39. The average molecular weight is 357 g/mol. The van der Waals surface area contributed by atoms with Crippen LogP contribution in [0.2, 0.25) is 5.02 Å². The van der Waals surface area contributed by atoms with Crippen LogP contribution in [0.25, 0.3) is 5.69 Å². The monoisotopic (exact) mass is 356 g/mol. The third-order valence-corrected chi connectivity index (χ3v) is 3.75. The molecular weight excluding hydrogens is 344 g/mol. The highest BCUT2D eigenvalue weighted by Crippen LogP contribution is 2.14. The van der Waals surface area contributed by atoms with Gasteiger partial charge < -0.3 is 4.74 Å². The van der Waals surface area contributed by atoms with Crippen LogP contribution in [0.4, 0.5) is 0 Å². The van der Waals surface area contributed by atoms with Crippen LogP contribution in [-0.2, 0) is 4.74 Å². The van der Waals surface area contributed by atoms with Gasteiger partial charge in [0.05, 0.1) is 11.3 Å². The Balaban J connectivity index is 1.67. The molecule has 0 unspecified atom stereocenters. The van der Waals surface area contributed by atoms with E-state index in [9.17, 15) is 9.59 Å². The largest absolute Gasteiger partial charge is 0.451 e. The molecule has 0 bridgehead atoms. The van der Waals surface area contributed by atoms with Gasteiger partial charge in [0, 0.05) is 10.6 Å². The van der Waals surface area contributed by atoms with Gasteiger partial charge in [0.2, 0.25) is 5.78 Å². The van der Waals surface area contributed by atoms with Gasteiger partial charge in [-0.15, -0.1) is 5.10 Å². The van der Waals surface area contributed by atoms with Gasteiger partial charge in [-0.3, -0.25) is 4.79 Å². The van der Waals surface area contributed by atoms with Gasteiger partial charge in [-0.25, -0.2) is 9.48 Å². The molecule has 126 valence electrons. The second-order valence-electron chi connectivity index (χ2n) is 5.22. The van der Waals surface area contributed by atoms with Crippen LogP contribution in [0.3, 0.4) is 0 Å². The molecule has 0 fully saturated rings. The topological polar surface area (TPSA) is 87.0 Å². The molecule has 0 N–H and O–H groups in total. The lowest BCUT2D eigenvalue weighted by molar-refractivity contribution is 0.0319. The Morgan fingerprint density at radius 2 is 1.68 bits per heavy atom. The number of hydrogen-bond donors (Lipinski definition) is 0. The minimum absolute atomic E-state index is 0.296. The first kappa shape index (κ1) is 16.8. The molecule has 2 aromatic carbocycles. The van der Waals surface area contributed by atoms with E-state index in [1.165, 1.54) is 17.9 Å². The van der Waals surface area contributed by atoms with Crippen molar-refractivity contribution in [3.63, 3.8) is 0 Å². The van der Waals surface area contributed by atoms with E-state index in [4.69, 9.17) is 16.3 Å².